The molecule has 104 valence electrons. The van der Waals surface area contributed by atoms with Gasteiger partial charge >= 0.3 is 5.97 Å². The lowest BCUT2D eigenvalue weighted by Crippen LogP contribution is -2.07. The van der Waals surface area contributed by atoms with Crippen molar-refractivity contribution in [2.24, 2.45) is 0 Å². The predicted molar refractivity (Wildman–Crippen MR) is 84.6 cm³/mol. The van der Waals surface area contributed by atoms with Gasteiger partial charge in [-0.15, -0.1) is 0 Å². The van der Waals surface area contributed by atoms with Crippen molar-refractivity contribution in [1.82, 2.24) is 0 Å². The molecule has 0 aromatic heterocycles. The fourth-order valence-corrected chi connectivity index (χ4v) is 2.20. The van der Waals surface area contributed by atoms with E-state index in [4.69, 9.17) is 22.1 Å². The topological polar surface area (TPSA) is 64.3 Å². The minimum Gasteiger partial charge on any atom is -0.465 e. The van der Waals surface area contributed by atoms with E-state index in [9.17, 15) is 4.79 Å². The maximum absolute atomic E-state index is 11.7. The Kier molecular flexibility index (Phi) is 4.52. The lowest BCUT2D eigenvalue weighted by atomic mass is 10.1. The molecule has 0 fully saturated rings. The van der Waals surface area contributed by atoms with Gasteiger partial charge in [0.05, 0.1) is 29.1 Å². The maximum atomic E-state index is 11.7. The number of benzene rings is 2. The monoisotopic (exact) mass is 354 g/mol. The maximum Gasteiger partial charge on any atom is 0.340 e. The van der Waals surface area contributed by atoms with Gasteiger partial charge in [-0.2, -0.15) is 0 Å². The number of hydrogen-bond donors (Lipinski definition) is 2. The molecule has 0 saturated heterocycles. The standard InChI is InChI=1S/C14H12BrClN2O2/c1-20-14(19)9-3-2-4-12(17)13(9)18-8-5-6-11(16)10(15)7-8/h2-7,18H,17H2,1H3. The van der Waals surface area contributed by atoms with Crippen LogP contribution >= 0.6 is 27.5 Å². The Bertz CT molecular complexity index is 662. The molecule has 0 bridgehead atoms. The first-order chi connectivity index (χ1) is 9.52. The van der Waals surface area contributed by atoms with Gasteiger partial charge in [-0.05, 0) is 46.3 Å². The number of rotatable bonds is 3. The Hall–Kier alpha value is -1.72. The number of ether oxygens (including phenoxy) is 1. The van der Waals surface area contributed by atoms with Crippen LogP contribution in [0.15, 0.2) is 40.9 Å². The summed E-state index contributed by atoms with van der Waals surface area (Å²) >= 11 is 9.29. The average Bonchev–Trinajstić information content (AvgIpc) is 2.44. The van der Waals surface area contributed by atoms with Crippen LogP contribution in [0.1, 0.15) is 10.4 Å². The number of nitrogen functional groups attached to an aromatic ring is 1. The summed E-state index contributed by atoms with van der Waals surface area (Å²) in [6.07, 6.45) is 0. The zero-order valence-corrected chi connectivity index (χ0v) is 13.0. The van der Waals surface area contributed by atoms with Gasteiger partial charge in [0, 0.05) is 10.2 Å². The first-order valence-corrected chi connectivity index (χ1v) is 6.89. The lowest BCUT2D eigenvalue weighted by molar-refractivity contribution is 0.0602. The number of carbonyl (C=O) groups is 1. The third-order valence-corrected chi connectivity index (χ3v) is 3.90. The molecule has 0 amide bonds. The van der Waals surface area contributed by atoms with Crippen molar-refractivity contribution in [3.05, 3.63) is 51.5 Å². The Morgan fingerprint density at radius 3 is 2.75 bits per heavy atom. The second-order valence-electron chi connectivity index (χ2n) is 4.02. The molecule has 0 unspecified atom stereocenters. The Morgan fingerprint density at radius 2 is 2.10 bits per heavy atom. The Labute approximate surface area is 130 Å². The summed E-state index contributed by atoms with van der Waals surface area (Å²) in [4.78, 5) is 11.7. The summed E-state index contributed by atoms with van der Waals surface area (Å²) in [6.45, 7) is 0. The van der Waals surface area contributed by atoms with E-state index in [-0.39, 0.29) is 0 Å². The second kappa shape index (κ2) is 6.15. The molecule has 0 aliphatic heterocycles. The molecule has 3 N–H and O–H groups in total. The van der Waals surface area contributed by atoms with Crippen molar-refractivity contribution < 1.29 is 9.53 Å². The first-order valence-electron chi connectivity index (χ1n) is 5.72. The molecule has 0 radical (unpaired) electrons. The van der Waals surface area contributed by atoms with Crippen LogP contribution in [0.5, 0.6) is 0 Å². The molecule has 0 aliphatic carbocycles. The fraction of sp³-hybridized carbons (Fsp3) is 0.0714. The van der Waals surface area contributed by atoms with E-state index >= 15 is 0 Å². The normalized spacial score (nSPS) is 10.2. The lowest BCUT2D eigenvalue weighted by Gasteiger charge is -2.13. The predicted octanol–water partition coefficient (Wildman–Crippen LogP) is 4.21. The zero-order chi connectivity index (χ0) is 14.7. The van der Waals surface area contributed by atoms with E-state index in [1.54, 1.807) is 36.4 Å². The van der Waals surface area contributed by atoms with Crippen LogP contribution in [0.4, 0.5) is 17.1 Å². The van der Waals surface area contributed by atoms with E-state index in [0.29, 0.717) is 22.0 Å². The highest BCUT2D eigenvalue weighted by molar-refractivity contribution is 9.10. The second-order valence-corrected chi connectivity index (χ2v) is 5.28. The van der Waals surface area contributed by atoms with Gasteiger partial charge in [0.2, 0.25) is 0 Å². The molecule has 2 rings (SSSR count). The third-order valence-electron chi connectivity index (χ3n) is 2.69. The van der Waals surface area contributed by atoms with Crippen LogP contribution < -0.4 is 11.1 Å². The highest BCUT2D eigenvalue weighted by Gasteiger charge is 2.14. The molecule has 0 aliphatic rings. The summed E-state index contributed by atoms with van der Waals surface area (Å²) in [5.74, 6) is -0.451. The molecule has 0 spiro atoms. The number of esters is 1. The highest BCUT2D eigenvalue weighted by atomic mass is 79.9. The molecule has 0 saturated carbocycles. The van der Waals surface area contributed by atoms with Gasteiger partial charge in [0.25, 0.3) is 0 Å². The van der Waals surface area contributed by atoms with Gasteiger partial charge in [0.15, 0.2) is 0 Å². The van der Waals surface area contributed by atoms with Crippen LogP contribution in [0.3, 0.4) is 0 Å². The van der Waals surface area contributed by atoms with Crippen LogP contribution in [0, 0.1) is 0 Å². The van der Waals surface area contributed by atoms with E-state index in [2.05, 4.69) is 21.2 Å². The molecule has 2 aromatic rings. The fourth-order valence-electron chi connectivity index (χ4n) is 1.71. The van der Waals surface area contributed by atoms with Crippen LogP contribution in [0.25, 0.3) is 0 Å². The summed E-state index contributed by atoms with van der Waals surface area (Å²) in [5, 5.41) is 3.71. The minimum absolute atomic E-state index is 0.374. The number of hydrogen-bond acceptors (Lipinski definition) is 4. The van der Waals surface area contributed by atoms with Crippen LogP contribution in [-0.2, 0) is 4.74 Å². The van der Waals surface area contributed by atoms with Crippen molar-refractivity contribution in [2.45, 2.75) is 0 Å². The van der Waals surface area contributed by atoms with Gasteiger partial charge in [-0.25, -0.2) is 4.79 Å². The van der Waals surface area contributed by atoms with E-state index < -0.39 is 5.97 Å². The Morgan fingerprint density at radius 1 is 1.35 bits per heavy atom. The summed E-state index contributed by atoms with van der Waals surface area (Å²) in [5.41, 5.74) is 8.01. The highest BCUT2D eigenvalue weighted by Crippen LogP contribution is 2.31. The molecule has 6 heteroatoms. The largest absolute Gasteiger partial charge is 0.465 e. The quantitative estimate of drug-likeness (QED) is 0.639. The molecule has 0 heterocycles. The van der Waals surface area contributed by atoms with Crippen molar-refractivity contribution >= 4 is 50.6 Å². The summed E-state index contributed by atoms with van der Waals surface area (Å²) < 4.78 is 5.50. The van der Waals surface area contributed by atoms with Crippen molar-refractivity contribution in [3.8, 4) is 0 Å². The number of anilines is 3. The molecule has 20 heavy (non-hydrogen) atoms. The first kappa shape index (κ1) is 14.7. The summed E-state index contributed by atoms with van der Waals surface area (Å²) in [7, 11) is 1.33. The van der Waals surface area contributed by atoms with E-state index in [1.807, 2.05) is 0 Å². The molecular formula is C14H12BrClN2O2. The molecular weight excluding hydrogens is 344 g/mol. The number of halogens is 2. The van der Waals surface area contributed by atoms with Gasteiger partial charge in [-0.3, -0.25) is 0 Å². The third kappa shape index (κ3) is 3.05. The van der Waals surface area contributed by atoms with Gasteiger partial charge < -0.3 is 15.8 Å². The number of para-hydroxylation sites is 1. The van der Waals surface area contributed by atoms with Crippen LogP contribution in [-0.4, -0.2) is 13.1 Å². The average molecular weight is 356 g/mol. The van der Waals surface area contributed by atoms with Crippen molar-refractivity contribution in [1.29, 1.82) is 0 Å². The van der Waals surface area contributed by atoms with Crippen LogP contribution in [0.2, 0.25) is 5.02 Å². The number of nitrogens with two attached hydrogens (primary N) is 1. The molecule has 0 atom stereocenters. The van der Waals surface area contributed by atoms with E-state index in [1.165, 1.54) is 7.11 Å². The van der Waals surface area contributed by atoms with Crippen molar-refractivity contribution in [2.75, 3.05) is 18.2 Å². The number of methoxy groups -OCH3 is 1. The number of carbonyl (C=O) groups excluding carboxylic acids is 1. The Balaban J connectivity index is 2.42. The molecule has 2 aromatic carbocycles. The SMILES string of the molecule is COC(=O)c1cccc(N)c1Nc1ccc(Cl)c(Br)c1. The van der Waals surface area contributed by atoms with E-state index in [0.717, 1.165) is 10.2 Å². The van der Waals surface area contributed by atoms with Crippen molar-refractivity contribution in [3.63, 3.8) is 0 Å². The summed E-state index contributed by atoms with van der Waals surface area (Å²) in [6, 6.07) is 10.4. The van der Waals surface area contributed by atoms with Gasteiger partial charge in [-0.1, -0.05) is 17.7 Å². The smallest absolute Gasteiger partial charge is 0.340 e. The number of nitrogens with one attached hydrogen (secondary N) is 1. The minimum atomic E-state index is -0.451. The van der Waals surface area contributed by atoms with Gasteiger partial charge in [0.1, 0.15) is 0 Å². The molecule has 4 nitrogen and oxygen atoms in total. The zero-order valence-electron chi connectivity index (χ0n) is 10.6.